The maximum Gasteiger partial charge on any atom is 0.408 e. The van der Waals surface area contributed by atoms with Crippen LogP contribution in [0.3, 0.4) is 0 Å². The van der Waals surface area contributed by atoms with Crippen molar-refractivity contribution in [3.63, 3.8) is 0 Å². The fourth-order valence-electron chi connectivity index (χ4n) is 6.71. The number of para-hydroxylation sites is 1. The molecule has 10 nitrogen and oxygen atoms in total. The Kier molecular flexibility index (Phi) is 12.2. The van der Waals surface area contributed by atoms with Gasteiger partial charge in [0.2, 0.25) is 5.91 Å². The lowest BCUT2D eigenvalue weighted by molar-refractivity contribution is -0.245. The van der Waals surface area contributed by atoms with Gasteiger partial charge < -0.3 is 29.4 Å². The van der Waals surface area contributed by atoms with Gasteiger partial charge in [-0.25, -0.2) is 4.79 Å². The fourth-order valence-corrected chi connectivity index (χ4v) is 7.76. The largest absolute Gasteiger partial charge is 0.496 e. The van der Waals surface area contributed by atoms with Gasteiger partial charge in [0.15, 0.2) is 6.29 Å². The van der Waals surface area contributed by atoms with Crippen molar-refractivity contribution in [3.05, 3.63) is 155 Å². The summed E-state index contributed by atoms with van der Waals surface area (Å²) in [6.45, 7) is 0.0965. The van der Waals surface area contributed by atoms with Gasteiger partial charge in [-0.2, -0.15) is 0 Å². The van der Waals surface area contributed by atoms with Crippen molar-refractivity contribution >= 4 is 29.7 Å². The number of hydrogen-bond donors (Lipinski definition) is 2. The van der Waals surface area contributed by atoms with E-state index in [9.17, 15) is 19.5 Å². The van der Waals surface area contributed by atoms with Crippen LogP contribution in [0.15, 0.2) is 132 Å². The Morgan fingerprint density at radius 1 is 0.818 bits per heavy atom. The Labute approximate surface area is 324 Å². The molecule has 0 aromatic heterocycles. The molecule has 2 heterocycles. The molecule has 2 aliphatic rings. The van der Waals surface area contributed by atoms with Crippen molar-refractivity contribution in [2.45, 2.75) is 62.0 Å². The van der Waals surface area contributed by atoms with Gasteiger partial charge in [0.25, 0.3) is 5.91 Å². The van der Waals surface area contributed by atoms with Crippen LogP contribution >= 0.6 is 11.8 Å². The van der Waals surface area contributed by atoms with Crippen molar-refractivity contribution in [1.29, 1.82) is 0 Å². The molecule has 2 aliphatic heterocycles. The number of nitrogens with one attached hydrogen (secondary N) is 1. The van der Waals surface area contributed by atoms with Gasteiger partial charge in [-0.05, 0) is 57.6 Å². The van der Waals surface area contributed by atoms with E-state index in [-0.39, 0.29) is 44.3 Å². The summed E-state index contributed by atoms with van der Waals surface area (Å²) in [6, 6.07) is 39.7. The lowest BCUT2D eigenvalue weighted by Gasteiger charge is -2.36. The number of thioether (sulfide) groups is 1. The SMILES string of the molecule is COc1ccccc1SC[C@@H]1C[C@H](c2ccc(CO)cc2)O[C@H](c2cccc(-c3cccc(CN4C(=O)CC(NC(=O)OCc5ccccc5)C4=O)c3)c2)O1. The third-order valence-corrected chi connectivity index (χ3v) is 10.8. The number of carbonyl (C=O) groups is 3. The van der Waals surface area contributed by atoms with E-state index in [1.54, 1.807) is 18.9 Å². The number of rotatable bonds is 13. The zero-order valence-electron chi connectivity index (χ0n) is 30.3. The Morgan fingerprint density at radius 3 is 2.33 bits per heavy atom. The number of nitrogens with zero attached hydrogens (tertiary/aromatic N) is 1. The minimum absolute atomic E-state index is 0.0297. The van der Waals surface area contributed by atoms with Crippen LogP contribution in [-0.2, 0) is 43.6 Å². The molecule has 0 aliphatic carbocycles. The first-order valence-electron chi connectivity index (χ1n) is 18.1. The van der Waals surface area contributed by atoms with Gasteiger partial charge in [-0.15, -0.1) is 11.8 Å². The molecule has 5 aromatic carbocycles. The predicted molar refractivity (Wildman–Crippen MR) is 208 cm³/mol. The van der Waals surface area contributed by atoms with E-state index in [4.69, 9.17) is 18.9 Å². The van der Waals surface area contributed by atoms with Crippen molar-refractivity contribution in [1.82, 2.24) is 10.2 Å². The van der Waals surface area contributed by atoms with Gasteiger partial charge in [0.05, 0.1) is 38.9 Å². The number of aliphatic hydroxyl groups is 1. The number of amides is 3. The fraction of sp³-hybridized carbons (Fsp3) is 0.250. The number of carbonyl (C=O) groups excluding carboxylic acids is 3. The standard InChI is InChI=1S/C44H42N2O8S/c1-51-38-15-5-6-16-40(38)55-28-36-23-39(32-19-17-29(26-47)18-20-32)54-43(53-36)35-14-8-13-34(22-35)33-12-7-11-31(21-33)25-46-41(48)24-37(42(46)49)45-44(50)52-27-30-9-3-2-4-10-30/h2-22,36-37,39,43,47H,23-28H2,1H3,(H,45,50)/t36-,37?,39+,43+/m0/s1. The second-order valence-corrected chi connectivity index (χ2v) is 14.5. The smallest absolute Gasteiger partial charge is 0.408 e. The molecule has 5 aromatic rings. The first-order chi connectivity index (χ1) is 26.9. The molecule has 0 spiro atoms. The maximum absolute atomic E-state index is 13.2. The maximum atomic E-state index is 13.2. The van der Waals surface area contributed by atoms with Crippen LogP contribution in [0.5, 0.6) is 5.75 Å². The number of ether oxygens (including phenoxy) is 4. The number of methoxy groups -OCH3 is 1. The zero-order chi connectivity index (χ0) is 38.1. The van der Waals surface area contributed by atoms with E-state index in [2.05, 4.69) is 5.32 Å². The summed E-state index contributed by atoms with van der Waals surface area (Å²) in [4.78, 5) is 40.8. The third kappa shape index (κ3) is 9.44. The minimum atomic E-state index is -0.987. The molecule has 282 valence electrons. The highest BCUT2D eigenvalue weighted by molar-refractivity contribution is 7.99. The lowest BCUT2D eigenvalue weighted by atomic mass is 9.99. The van der Waals surface area contributed by atoms with Gasteiger partial charge in [-0.1, -0.05) is 103 Å². The Hall–Kier alpha value is -5.46. The van der Waals surface area contributed by atoms with E-state index in [0.717, 1.165) is 49.6 Å². The van der Waals surface area contributed by atoms with Crippen LogP contribution in [0.4, 0.5) is 4.79 Å². The highest BCUT2D eigenvalue weighted by atomic mass is 32.2. The summed E-state index contributed by atoms with van der Waals surface area (Å²) in [5, 5.41) is 12.1. The van der Waals surface area contributed by atoms with Crippen LogP contribution in [-0.4, -0.2) is 52.9 Å². The van der Waals surface area contributed by atoms with Crippen molar-refractivity contribution < 1.29 is 38.4 Å². The van der Waals surface area contributed by atoms with E-state index in [0.29, 0.717) is 12.2 Å². The Morgan fingerprint density at radius 2 is 1.55 bits per heavy atom. The average Bonchev–Trinajstić information content (AvgIpc) is 3.49. The summed E-state index contributed by atoms with van der Waals surface area (Å²) in [5.41, 5.74) is 6.09. The summed E-state index contributed by atoms with van der Waals surface area (Å²) in [6.07, 6.45) is -1.25. The average molecular weight is 759 g/mol. The monoisotopic (exact) mass is 758 g/mol. The Balaban J connectivity index is 1.04. The number of hydrogen-bond acceptors (Lipinski definition) is 9. The van der Waals surface area contributed by atoms with E-state index >= 15 is 0 Å². The molecule has 11 heteroatoms. The topological polar surface area (TPSA) is 124 Å². The molecular weight excluding hydrogens is 717 g/mol. The summed E-state index contributed by atoms with van der Waals surface area (Å²) in [7, 11) is 1.67. The summed E-state index contributed by atoms with van der Waals surface area (Å²) in [5.74, 6) is 0.666. The molecule has 2 fully saturated rings. The highest BCUT2D eigenvalue weighted by Crippen LogP contribution is 2.41. The first-order valence-corrected chi connectivity index (χ1v) is 19.1. The molecule has 0 radical (unpaired) electrons. The van der Waals surface area contributed by atoms with Gasteiger partial charge in [0.1, 0.15) is 18.4 Å². The predicted octanol–water partition coefficient (Wildman–Crippen LogP) is 7.75. The second kappa shape index (κ2) is 17.8. The van der Waals surface area contributed by atoms with Gasteiger partial charge in [-0.3, -0.25) is 14.5 Å². The van der Waals surface area contributed by atoms with E-state index < -0.39 is 24.3 Å². The molecule has 0 saturated carbocycles. The molecule has 55 heavy (non-hydrogen) atoms. The molecule has 1 unspecified atom stereocenters. The summed E-state index contributed by atoms with van der Waals surface area (Å²) >= 11 is 1.68. The number of alkyl carbamates (subject to hydrolysis) is 1. The molecular formula is C44H42N2O8S. The van der Waals surface area contributed by atoms with Crippen LogP contribution in [0, 0.1) is 0 Å². The van der Waals surface area contributed by atoms with Crippen LogP contribution in [0.1, 0.15) is 53.1 Å². The molecule has 4 atom stereocenters. The minimum Gasteiger partial charge on any atom is -0.496 e. The number of likely N-dealkylation sites (tertiary alicyclic amines) is 1. The van der Waals surface area contributed by atoms with Crippen molar-refractivity contribution in [2.75, 3.05) is 12.9 Å². The molecule has 2 N–H and O–H groups in total. The van der Waals surface area contributed by atoms with Crippen LogP contribution < -0.4 is 10.1 Å². The normalized spacial score (nSPS) is 19.6. The first kappa shape index (κ1) is 37.8. The van der Waals surface area contributed by atoms with Gasteiger partial charge in [0, 0.05) is 22.6 Å². The molecule has 2 saturated heterocycles. The quantitative estimate of drug-likeness (QED) is 0.0917. The third-order valence-electron chi connectivity index (χ3n) is 9.62. The number of aliphatic hydroxyl groups excluding tert-OH is 1. The number of benzene rings is 5. The van der Waals surface area contributed by atoms with E-state index in [1.165, 1.54) is 4.90 Å². The molecule has 3 amide bonds. The van der Waals surface area contributed by atoms with Gasteiger partial charge >= 0.3 is 6.09 Å². The number of imide groups is 1. The van der Waals surface area contributed by atoms with Crippen LogP contribution in [0.25, 0.3) is 11.1 Å². The van der Waals surface area contributed by atoms with Crippen molar-refractivity contribution in [2.24, 2.45) is 0 Å². The second-order valence-electron chi connectivity index (χ2n) is 13.4. The highest BCUT2D eigenvalue weighted by Gasteiger charge is 2.40. The zero-order valence-corrected chi connectivity index (χ0v) is 31.2. The molecule has 7 rings (SSSR count). The Bertz CT molecular complexity index is 2110. The van der Waals surface area contributed by atoms with Crippen molar-refractivity contribution in [3.8, 4) is 16.9 Å². The summed E-state index contributed by atoms with van der Waals surface area (Å²) < 4.78 is 24.1. The lowest BCUT2D eigenvalue weighted by Crippen LogP contribution is -2.41. The van der Waals surface area contributed by atoms with E-state index in [1.807, 2.05) is 127 Å². The van der Waals surface area contributed by atoms with Crippen LogP contribution in [0.2, 0.25) is 0 Å². The molecule has 0 bridgehead atoms.